The molecule has 0 saturated carbocycles. The highest BCUT2D eigenvalue weighted by Crippen LogP contribution is 2.49. The minimum atomic E-state index is -0.423. The monoisotopic (exact) mass is 976 g/mol. The fourth-order valence-electron chi connectivity index (χ4n) is 10.4. The normalized spacial score (nSPS) is 12.9. The van der Waals surface area contributed by atoms with Gasteiger partial charge in [-0.3, -0.25) is 0 Å². The number of hydrogen-bond acceptors (Lipinski definition) is 8. The van der Waals surface area contributed by atoms with Gasteiger partial charge in [0, 0.05) is 45.9 Å². The maximum Gasteiger partial charge on any atom is 0.123 e. The zero-order valence-electron chi connectivity index (χ0n) is 43.5. The Kier molecular flexibility index (Phi) is 16.0. The van der Waals surface area contributed by atoms with Crippen LogP contribution in [0.4, 0.5) is 0 Å². The quantitative estimate of drug-likeness (QED) is 0.0592. The van der Waals surface area contributed by atoms with E-state index in [0.29, 0.717) is 26.4 Å². The minimum absolute atomic E-state index is 0.0940. The zero-order chi connectivity index (χ0) is 51.9. The van der Waals surface area contributed by atoms with Crippen molar-refractivity contribution in [3.63, 3.8) is 0 Å². The molecule has 0 aromatic heterocycles. The van der Waals surface area contributed by atoms with Crippen LogP contribution in [0, 0.1) is 27.7 Å². The van der Waals surface area contributed by atoms with Crippen LogP contribution in [0.15, 0.2) is 152 Å². The van der Waals surface area contributed by atoms with E-state index in [1.54, 1.807) is 48.5 Å². The number of phenols is 4. The average molecular weight is 977 g/mol. The Morgan fingerprint density at radius 2 is 0.603 bits per heavy atom. The number of hydrogen-bond donors (Lipinski definition) is 4. The molecule has 0 aliphatic carbocycles. The van der Waals surface area contributed by atoms with E-state index >= 15 is 0 Å². The summed E-state index contributed by atoms with van der Waals surface area (Å²) in [6, 6.07) is 49.3. The molecule has 8 aromatic carbocycles. The molecule has 0 radical (unpaired) electrons. The van der Waals surface area contributed by atoms with Gasteiger partial charge >= 0.3 is 0 Å². The van der Waals surface area contributed by atoms with Crippen molar-refractivity contribution in [2.45, 2.75) is 86.0 Å². The summed E-state index contributed by atoms with van der Waals surface area (Å²) >= 11 is 0. The molecule has 0 amide bonds. The fourth-order valence-corrected chi connectivity index (χ4v) is 10.4. The SMILES string of the molecule is CCOc1cc(C)c(C(c2ccc(O)cc2)c2cc(C(c3ccc(O)cc3)c3cc(C(c4ccc(O)cc4)c4ccc(C)cc4OCC)c(C)cc3OCC)c(C)cc2OCC)cc1C(C)c1ccc(O)cc1. The van der Waals surface area contributed by atoms with Crippen molar-refractivity contribution in [1.29, 1.82) is 0 Å². The molecular formula is C65H68O8. The first-order valence-electron chi connectivity index (χ1n) is 25.4. The molecule has 0 fully saturated rings. The molecule has 4 N–H and O–H groups in total. The van der Waals surface area contributed by atoms with E-state index < -0.39 is 5.92 Å². The highest BCUT2D eigenvalue weighted by atomic mass is 16.5. The second-order valence-electron chi connectivity index (χ2n) is 18.9. The highest BCUT2D eigenvalue weighted by molar-refractivity contribution is 5.63. The van der Waals surface area contributed by atoms with Crippen molar-refractivity contribution in [2.75, 3.05) is 26.4 Å². The molecule has 376 valence electrons. The Balaban J connectivity index is 1.43. The number of ether oxygens (including phenoxy) is 4. The maximum absolute atomic E-state index is 10.8. The Bertz CT molecular complexity index is 3160. The molecule has 8 heteroatoms. The molecule has 8 aromatic rings. The first kappa shape index (κ1) is 51.5. The van der Waals surface area contributed by atoms with Crippen LogP contribution in [0.25, 0.3) is 0 Å². The average Bonchev–Trinajstić information content (AvgIpc) is 3.37. The van der Waals surface area contributed by atoms with Crippen molar-refractivity contribution in [1.82, 2.24) is 0 Å². The number of benzene rings is 8. The van der Waals surface area contributed by atoms with Gasteiger partial charge in [0.1, 0.15) is 46.0 Å². The summed E-state index contributed by atoms with van der Waals surface area (Å²) in [5.74, 6) is 2.57. The maximum atomic E-state index is 10.8. The predicted molar refractivity (Wildman–Crippen MR) is 292 cm³/mol. The van der Waals surface area contributed by atoms with Gasteiger partial charge in [0.2, 0.25) is 0 Å². The summed E-state index contributed by atoms with van der Waals surface area (Å²) in [6.45, 7) is 20.4. The lowest BCUT2D eigenvalue weighted by Crippen LogP contribution is -2.15. The Hall–Kier alpha value is -7.84. The van der Waals surface area contributed by atoms with E-state index in [1.807, 2.05) is 76.2 Å². The molecule has 4 atom stereocenters. The Morgan fingerprint density at radius 1 is 0.315 bits per heavy atom. The van der Waals surface area contributed by atoms with Gasteiger partial charge in [-0.2, -0.15) is 0 Å². The molecule has 73 heavy (non-hydrogen) atoms. The molecule has 0 aliphatic heterocycles. The van der Waals surface area contributed by atoms with Crippen LogP contribution >= 0.6 is 0 Å². The molecule has 8 nitrogen and oxygen atoms in total. The summed E-state index contributed by atoms with van der Waals surface area (Å²) < 4.78 is 26.1. The van der Waals surface area contributed by atoms with Crippen molar-refractivity contribution in [3.05, 3.63) is 235 Å². The third-order valence-electron chi connectivity index (χ3n) is 14.0. The lowest BCUT2D eigenvalue weighted by Gasteiger charge is -2.30. The van der Waals surface area contributed by atoms with E-state index in [0.717, 1.165) is 106 Å². The van der Waals surface area contributed by atoms with Crippen molar-refractivity contribution in [2.24, 2.45) is 0 Å². The third kappa shape index (κ3) is 11.1. The Morgan fingerprint density at radius 3 is 0.945 bits per heavy atom. The first-order chi connectivity index (χ1) is 35.2. The van der Waals surface area contributed by atoms with Crippen LogP contribution < -0.4 is 18.9 Å². The van der Waals surface area contributed by atoms with Crippen LogP contribution in [0.2, 0.25) is 0 Å². The van der Waals surface area contributed by atoms with Gasteiger partial charge in [-0.05, 0) is 202 Å². The molecule has 8 rings (SSSR count). The van der Waals surface area contributed by atoms with E-state index in [-0.39, 0.29) is 40.8 Å². The topological polar surface area (TPSA) is 118 Å². The lowest BCUT2D eigenvalue weighted by molar-refractivity contribution is 0.334. The number of aromatic hydroxyl groups is 4. The zero-order valence-corrected chi connectivity index (χ0v) is 43.5. The van der Waals surface area contributed by atoms with Crippen LogP contribution in [0.3, 0.4) is 0 Å². The second kappa shape index (κ2) is 22.7. The van der Waals surface area contributed by atoms with Gasteiger partial charge in [-0.15, -0.1) is 0 Å². The van der Waals surface area contributed by atoms with Crippen LogP contribution in [-0.4, -0.2) is 46.9 Å². The van der Waals surface area contributed by atoms with E-state index in [9.17, 15) is 20.4 Å². The van der Waals surface area contributed by atoms with Gasteiger partial charge in [0.15, 0.2) is 0 Å². The molecule has 0 spiro atoms. The summed E-state index contributed by atoms with van der Waals surface area (Å²) in [4.78, 5) is 0. The summed E-state index contributed by atoms with van der Waals surface area (Å²) in [5.41, 5.74) is 15.0. The van der Waals surface area contributed by atoms with E-state index in [4.69, 9.17) is 18.9 Å². The smallest absolute Gasteiger partial charge is 0.123 e. The first-order valence-corrected chi connectivity index (χ1v) is 25.4. The summed E-state index contributed by atoms with van der Waals surface area (Å²) in [5, 5.41) is 42.3. The Labute approximate surface area is 431 Å². The molecular weight excluding hydrogens is 909 g/mol. The van der Waals surface area contributed by atoms with Crippen molar-refractivity contribution >= 4 is 0 Å². The summed E-state index contributed by atoms with van der Waals surface area (Å²) in [7, 11) is 0. The van der Waals surface area contributed by atoms with Gasteiger partial charge < -0.3 is 39.4 Å². The number of aryl methyl sites for hydroxylation is 4. The number of phenolic OH excluding ortho intramolecular Hbond substituents is 4. The molecule has 0 heterocycles. The van der Waals surface area contributed by atoms with Crippen molar-refractivity contribution in [3.8, 4) is 46.0 Å². The van der Waals surface area contributed by atoms with Gasteiger partial charge in [0.25, 0.3) is 0 Å². The largest absolute Gasteiger partial charge is 0.508 e. The lowest BCUT2D eigenvalue weighted by atomic mass is 9.75. The van der Waals surface area contributed by atoms with Gasteiger partial charge in [-0.25, -0.2) is 0 Å². The van der Waals surface area contributed by atoms with Crippen molar-refractivity contribution < 1.29 is 39.4 Å². The molecule has 0 bridgehead atoms. The van der Waals surface area contributed by atoms with E-state index in [1.165, 1.54) is 0 Å². The van der Waals surface area contributed by atoms with Crippen LogP contribution in [0.1, 0.15) is 142 Å². The molecule has 4 unspecified atom stereocenters. The third-order valence-corrected chi connectivity index (χ3v) is 14.0. The van der Waals surface area contributed by atoms with Crippen LogP contribution in [0.5, 0.6) is 46.0 Å². The summed E-state index contributed by atoms with van der Waals surface area (Å²) in [6.07, 6.45) is 0. The van der Waals surface area contributed by atoms with Gasteiger partial charge in [-0.1, -0.05) is 73.7 Å². The van der Waals surface area contributed by atoms with Crippen LogP contribution in [-0.2, 0) is 0 Å². The standard InChI is InChI=1S/C65H68O8/c1-10-70-59-32-39(5)14-31-52(59)63(45-17-25-49(67)26-18-45)54-37-57(61(72-12-3)34-41(54)7)65(47-21-29-51(69)30-22-47)55-38-58(62(73-13-4)35-42(55)8)64(46-19-27-50(68)28-20-46)53-36-56(60(71-11-2)33-40(53)6)43(9)44-15-23-48(66)24-16-44/h14-38,43,63-69H,10-13H2,1-9H3. The molecule has 0 aliphatic rings. The molecule has 0 saturated heterocycles. The van der Waals surface area contributed by atoms with E-state index in [2.05, 4.69) is 89.2 Å². The fraction of sp³-hybridized carbons (Fsp3) is 0.262. The number of rotatable bonds is 19. The second-order valence-corrected chi connectivity index (χ2v) is 18.9. The van der Waals surface area contributed by atoms with Gasteiger partial charge in [0.05, 0.1) is 26.4 Å². The minimum Gasteiger partial charge on any atom is -0.508 e. The predicted octanol–water partition coefficient (Wildman–Crippen LogP) is 15.0. The highest BCUT2D eigenvalue weighted by Gasteiger charge is 2.32.